The first-order valence-electron chi connectivity index (χ1n) is 11.4. The maximum absolute atomic E-state index is 11.3. The van der Waals surface area contributed by atoms with Crippen molar-refractivity contribution in [2.75, 3.05) is 0 Å². The van der Waals surface area contributed by atoms with Gasteiger partial charge in [-0.15, -0.1) is 0 Å². The number of hydrogen-bond donors (Lipinski definition) is 2. The highest BCUT2D eigenvalue weighted by Gasteiger charge is 2.29. The fourth-order valence-electron chi connectivity index (χ4n) is 3.65. The van der Waals surface area contributed by atoms with Crippen LogP contribution in [0.2, 0.25) is 0 Å². The quantitative estimate of drug-likeness (QED) is 0.317. The van der Waals surface area contributed by atoms with E-state index in [0.29, 0.717) is 5.75 Å². The zero-order chi connectivity index (χ0) is 23.1. The Morgan fingerprint density at radius 3 is 2.50 bits per heavy atom. The summed E-state index contributed by atoms with van der Waals surface area (Å²) in [6.45, 7) is 7.40. The number of fused-ring (bicyclic) bond motifs is 1. The van der Waals surface area contributed by atoms with Gasteiger partial charge in [-0.05, 0) is 57.0 Å². The Balaban J connectivity index is 1.72. The van der Waals surface area contributed by atoms with Gasteiger partial charge in [-0.1, -0.05) is 56.9 Å². The number of ether oxygens (including phenoxy) is 1. The summed E-state index contributed by atoms with van der Waals surface area (Å²) in [6.07, 6.45) is 5.67. The molecule has 0 bridgehead atoms. The smallest absolute Gasteiger partial charge is 0.347 e. The second-order valence-corrected chi connectivity index (χ2v) is 8.80. The molecule has 0 radical (unpaired) electrons. The Kier molecular flexibility index (Phi) is 7.91. The summed E-state index contributed by atoms with van der Waals surface area (Å²) in [6, 6.07) is 15.5. The third-order valence-corrected chi connectivity index (χ3v) is 5.67. The highest BCUT2D eigenvalue weighted by molar-refractivity contribution is 5.76. The van der Waals surface area contributed by atoms with E-state index in [4.69, 9.17) is 14.1 Å². The molecule has 0 saturated heterocycles. The van der Waals surface area contributed by atoms with Crippen molar-refractivity contribution in [3.05, 3.63) is 60.0 Å². The molecule has 0 aliphatic carbocycles. The molecule has 2 unspecified atom stereocenters. The predicted molar refractivity (Wildman–Crippen MR) is 126 cm³/mol. The van der Waals surface area contributed by atoms with Crippen LogP contribution in [0.25, 0.3) is 11.1 Å². The van der Waals surface area contributed by atoms with Crippen molar-refractivity contribution < 1.29 is 19.1 Å². The van der Waals surface area contributed by atoms with E-state index in [1.165, 1.54) is 33.1 Å². The van der Waals surface area contributed by atoms with Crippen LogP contribution in [0.5, 0.6) is 5.75 Å². The topological polar surface area (TPSA) is 84.6 Å². The van der Waals surface area contributed by atoms with E-state index in [9.17, 15) is 9.90 Å². The number of carboxylic acids is 1. The molecule has 2 atom stereocenters. The van der Waals surface area contributed by atoms with Gasteiger partial charge in [0, 0.05) is 6.04 Å². The second kappa shape index (κ2) is 10.6. The number of aromatic nitrogens is 1. The van der Waals surface area contributed by atoms with Gasteiger partial charge in [0.2, 0.25) is 5.89 Å². The van der Waals surface area contributed by atoms with Crippen LogP contribution < -0.4 is 10.1 Å². The Morgan fingerprint density at radius 2 is 1.84 bits per heavy atom. The fraction of sp³-hybridized carbons (Fsp3) is 0.462. The highest BCUT2D eigenvalue weighted by atomic mass is 16.5. The molecule has 0 aliphatic heterocycles. The summed E-state index contributed by atoms with van der Waals surface area (Å²) in [4.78, 5) is 16.0. The lowest BCUT2D eigenvalue weighted by molar-refractivity contribution is -0.152. The molecule has 1 heterocycles. The van der Waals surface area contributed by atoms with Crippen LogP contribution in [-0.4, -0.2) is 21.7 Å². The normalized spacial score (nSPS) is 13.8. The van der Waals surface area contributed by atoms with Crippen molar-refractivity contribution in [3.8, 4) is 5.75 Å². The monoisotopic (exact) mass is 438 g/mol. The Bertz CT molecular complexity index is 977. The van der Waals surface area contributed by atoms with E-state index in [0.717, 1.165) is 35.4 Å². The van der Waals surface area contributed by atoms with Crippen molar-refractivity contribution in [2.24, 2.45) is 0 Å². The van der Waals surface area contributed by atoms with Gasteiger partial charge in [0.15, 0.2) is 11.2 Å². The predicted octanol–water partition coefficient (Wildman–Crippen LogP) is 6.43. The van der Waals surface area contributed by atoms with E-state index < -0.39 is 11.6 Å². The van der Waals surface area contributed by atoms with Crippen LogP contribution in [-0.2, 0) is 4.79 Å². The van der Waals surface area contributed by atoms with E-state index in [1.54, 1.807) is 0 Å². The number of nitrogens with one attached hydrogen (secondary N) is 1. The zero-order valence-electron chi connectivity index (χ0n) is 19.4. The third-order valence-electron chi connectivity index (χ3n) is 5.67. The first-order chi connectivity index (χ1) is 15.3. The van der Waals surface area contributed by atoms with Gasteiger partial charge >= 0.3 is 5.97 Å². The largest absolute Gasteiger partial charge is 0.478 e. The molecule has 0 fully saturated rings. The molecular formula is C26H34N2O4. The molecule has 0 saturated carbocycles. The molecule has 2 N–H and O–H groups in total. The number of oxazole rings is 1. The standard InChI is InChI=1S/C26H34N2O4/c1-5-6-7-8-12-22(24-28-21-11-9-10-13-23(21)31-24)27-18(2)19-14-16-20(17-15-19)32-26(3,4)25(29)30/h9-11,13-18,22,27H,5-8,12H2,1-4H3,(H,29,30). The minimum atomic E-state index is -1.28. The molecule has 1 aromatic heterocycles. The first-order valence-corrected chi connectivity index (χ1v) is 11.4. The van der Waals surface area contributed by atoms with Crippen molar-refractivity contribution in [3.63, 3.8) is 0 Å². The van der Waals surface area contributed by atoms with Gasteiger partial charge in [0.05, 0.1) is 6.04 Å². The second-order valence-electron chi connectivity index (χ2n) is 8.80. The molecule has 0 aliphatic rings. The van der Waals surface area contributed by atoms with Gasteiger partial charge in [0.1, 0.15) is 11.3 Å². The minimum absolute atomic E-state index is 0.0103. The van der Waals surface area contributed by atoms with Crippen molar-refractivity contribution in [1.29, 1.82) is 0 Å². The number of carboxylic acid groups (broad SMARTS) is 1. The van der Waals surface area contributed by atoms with Crippen LogP contribution in [0.1, 0.15) is 83.3 Å². The third kappa shape index (κ3) is 6.10. The van der Waals surface area contributed by atoms with Crippen LogP contribution in [0.3, 0.4) is 0 Å². The molecule has 172 valence electrons. The number of para-hydroxylation sites is 2. The van der Waals surface area contributed by atoms with Crippen molar-refractivity contribution >= 4 is 17.1 Å². The number of hydrogen-bond acceptors (Lipinski definition) is 5. The molecule has 3 aromatic rings. The van der Waals surface area contributed by atoms with Crippen LogP contribution >= 0.6 is 0 Å². The summed E-state index contributed by atoms with van der Waals surface area (Å²) < 4.78 is 11.7. The summed E-state index contributed by atoms with van der Waals surface area (Å²) in [5, 5.41) is 12.9. The minimum Gasteiger partial charge on any atom is -0.478 e. The van der Waals surface area contributed by atoms with Crippen molar-refractivity contribution in [2.45, 2.75) is 77.5 Å². The zero-order valence-corrected chi connectivity index (χ0v) is 19.4. The fourth-order valence-corrected chi connectivity index (χ4v) is 3.65. The van der Waals surface area contributed by atoms with E-state index in [2.05, 4.69) is 19.2 Å². The van der Waals surface area contributed by atoms with E-state index in [1.807, 2.05) is 48.5 Å². The Hall–Kier alpha value is -2.86. The number of aliphatic carboxylic acids is 1. The average molecular weight is 439 g/mol. The summed E-state index contributed by atoms with van der Waals surface area (Å²) >= 11 is 0. The van der Waals surface area contributed by atoms with Gasteiger partial charge in [-0.2, -0.15) is 0 Å². The SMILES string of the molecule is CCCCCCC(NC(C)c1ccc(OC(C)(C)C(=O)O)cc1)c1nc2ccccc2o1. The molecular weight excluding hydrogens is 404 g/mol. The molecule has 32 heavy (non-hydrogen) atoms. The first kappa shape index (κ1) is 23.8. The maximum Gasteiger partial charge on any atom is 0.347 e. The Morgan fingerprint density at radius 1 is 1.12 bits per heavy atom. The molecule has 0 amide bonds. The lowest BCUT2D eigenvalue weighted by atomic mass is 10.0. The molecule has 6 nitrogen and oxygen atoms in total. The highest BCUT2D eigenvalue weighted by Crippen LogP contribution is 2.28. The molecule has 3 rings (SSSR count). The number of carbonyl (C=O) groups is 1. The molecule has 0 spiro atoms. The molecule has 2 aromatic carbocycles. The Labute approximate surface area is 190 Å². The van der Waals surface area contributed by atoms with Crippen LogP contribution in [0, 0.1) is 0 Å². The van der Waals surface area contributed by atoms with Gasteiger partial charge < -0.3 is 14.3 Å². The molecule has 6 heteroatoms. The van der Waals surface area contributed by atoms with Gasteiger partial charge in [-0.25, -0.2) is 9.78 Å². The number of nitrogens with zero attached hydrogens (tertiary/aromatic N) is 1. The van der Waals surface area contributed by atoms with Gasteiger partial charge in [0.25, 0.3) is 0 Å². The number of benzene rings is 2. The number of rotatable bonds is 12. The summed E-state index contributed by atoms with van der Waals surface area (Å²) in [7, 11) is 0. The summed E-state index contributed by atoms with van der Waals surface area (Å²) in [5.41, 5.74) is 1.48. The van der Waals surface area contributed by atoms with E-state index >= 15 is 0 Å². The lowest BCUT2D eigenvalue weighted by Gasteiger charge is -2.23. The lowest BCUT2D eigenvalue weighted by Crippen LogP contribution is -2.37. The van der Waals surface area contributed by atoms with Crippen LogP contribution in [0.4, 0.5) is 0 Å². The maximum atomic E-state index is 11.3. The van der Waals surface area contributed by atoms with Crippen molar-refractivity contribution in [1.82, 2.24) is 10.3 Å². The summed E-state index contributed by atoms with van der Waals surface area (Å²) in [5.74, 6) is 0.252. The van der Waals surface area contributed by atoms with Crippen LogP contribution in [0.15, 0.2) is 52.9 Å². The number of unbranched alkanes of at least 4 members (excludes halogenated alkanes) is 3. The average Bonchev–Trinajstić information content (AvgIpc) is 3.20. The van der Waals surface area contributed by atoms with Gasteiger partial charge in [-0.3, -0.25) is 5.32 Å². The van der Waals surface area contributed by atoms with E-state index in [-0.39, 0.29) is 12.1 Å².